The minimum atomic E-state index is -0.182. The van der Waals surface area contributed by atoms with E-state index in [0.717, 1.165) is 23.6 Å². The first-order chi connectivity index (χ1) is 10.2. The van der Waals surface area contributed by atoms with Gasteiger partial charge in [0.05, 0.1) is 0 Å². The van der Waals surface area contributed by atoms with Crippen molar-refractivity contribution in [2.75, 3.05) is 12.3 Å². The molecule has 0 saturated heterocycles. The largest absolute Gasteiger partial charge is 0.309 e. The summed E-state index contributed by atoms with van der Waals surface area (Å²) in [6.45, 7) is 5.23. The average Bonchev–Trinajstić information content (AvgIpc) is 2.53. The number of aryl methyl sites for hydroxylation is 1. The number of rotatable bonds is 7. The second-order valence-electron chi connectivity index (χ2n) is 4.97. The summed E-state index contributed by atoms with van der Waals surface area (Å²) in [4.78, 5) is 1.10. The summed E-state index contributed by atoms with van der Waals surface area (Å²) in [5.41, 5.74) is 2.69. The van der Waals surface area contributed by atoms with E-state index in [9.17, 15) is 4.39 Å². The smallest absolute Gasteiger partial charge is 0.123 e. The molecule has 3 heteroatoms. The summed E-state index contributed by atoms with van der Waals surface area (Å²) in [6.07, 6.45) is 1.05. The Morgan fingerprint density at radius 1 is 1.10 bits per heavy atom. The van der Waals surface area contributed by atoms with Crippen molar-refractivity contribution in [2.24, 2.45) is 0 Å². The van der Waals surface area contributed by atoms with Crippen LogP contribution < -0.4 is 5.32 Å². The molecule has 21 heavy (non-hydrogen) atoms. The van der Waals surface area contributed by atoms with E-state index in [1.54, 1.807) is 11.8 Å². The lowest BCUT2D eigenvalue weighted by molar-refractivity contribution is 0.605. The zero-order chi connectivity index (χ0) is 15.1. The zero-order valence-electron chi connectivity index (χ0n) is 12.6. The molecular formula is C18H22FNS. The molecule has 0 aliphatic heterocycles. The van der Waals surface area contributed by atoms with Crippen LogP contribution in [0.2, 0.25) is 0 Å². The van der Waals surface area contributed by atoms with Crippen molar-refractivity contribution in [3.63, 3.8) is 0 Å². The molecule has 2 aromatic rings. The van der Waals surface area contributed by atoms with Gasteiger partial charge in [-0.3, -0.25) is 0 Å². The van der Waals surface area contributed by atoms with Crippen molar-refractivity contribution in [3.05, 3.63) is 65.5 Å². The maximum Gasteiger partial charge on any atom is 0.123 e. The molecule has 0 spiro atoms. The molecular weight excluding hydrogens is 281 g/mol. The molecule has 1 nitrogen and oxygen atoms in total. The quantitative estimate of drug-likeness (QED) is 0.735. The molecule has 0 saturated carbocycles. The standard InChI is InChI=1S/C18H22FNS/c1-3-14-6-5-7-15(12-14)18(20-4-2)13-21-17-10-8-16(19)9-11-17/h5-12,18,20H,3-4,13H2,1-2H3. The minimum Gasteiger partial charge on any atom is -0.309 e. The van der Waals surface area contributed by atoms with Gasteiger partial charge in [-0.15, -0.1) is 11.8 Å². The Bertz CT molecular complexity index is 553. The summed E-state index contributed by atoms with van der Waals surface area (Å²) in [6, 6.07) is 15.8. The first kappa shape index (κ1) is 16.1. The molecule has 2 aromatic carbocycles. The third-order valence-electron chi connectivity index (χ3n) is 3.44. The molecule has 1 atom stereocenters. The monoisotopic (exact) mass is 303 g/mol. The minimum absolute atomic E-state index is 0.182. The van der Waals surface area contributed by atoms with Crippen LogP contribution in [0.3, 0.4) is 0 Å². The van der Waals surface area contributed by atoms with Gasteiger partial charge in [0.2, 0.25) is 0 Å². The number of halogens is 1. The topological polar surface area (TPSA) is 12.0 Å². The molecule has 2 rings (SSSR count). The molecule has 1 unspecified atom stereocenters. The Balaban J connectivity index is 2.05. The van der Waals surface area contributed by atoms with Gasteiger partial charge in [0.1, 0.15) is 5.82 Å². The van der Waals surface area contributed by atoms with Crippen molar-refractivity contribution in [1.82, 2.24) is 5.32 Å². The van der Waals surface area contributed by atoms with Crippen molar-refractivity contribution in [1.29, 1.82) is 0 Å². The van der Waals surface area contributed by atoms with Crippen LogP contribution in [-0.4, -0.2) is 12.3 Å². The van der Waals surface area contributed by atoms with Crippen molar-refractivity contribution in [3.8, 4) is 0 Å². The van der Waals surface area contributed by atoms with Crippen LogP contribution >= 0.6 is 11.8 Å². The van der Waals surface area contributed by atoms with Crippen LogP contribution in [0.5, 0.6) is 0 Å². The SMILES string of the molecule is CCNC(CSc1ccc(F)cc1)c1cccc(CC)c1. The van der Waals surface area contributed by atoms with Crippen LogP contribution in [0.1, 0.15) is 31.0 Å². The number of hydrogen-bond donors (Lipinski definition) is 1. The fourth-order valence-electron chi connectivity index (χ4n) is 2.26. The molecule has 0 fully saturated rings. The second kappa shape index (κ2) is 8.20. The maximum atomic E-state index is 12.9. The Labute approximate surface area is 131 Å². The molecule has 0 heterocycles. The summed E-state index contributed by atoms with van der Waals surface area (Å²) in [5.74, 6) is 0.755. The van der Waals surface area contributed by atoms with Gasteiger partial charge >= 0.3 is 0 Å². The molecule has 0 bridgehead atoms. The molecule has 0 aromatic heterocycles. The van der Waals surface area contributed by atoms with Crippen LogP contribution in [0.25, 0.3) is 0 Å². The van der Waals surface area contributed by atoms with Crippen LogP contribution in [0.4, 0.5) is 4.39 Å². The highest BCUT2D eigenvalue weighted by atomic mass is 32.2. The molecule has 0 aliphatic rings. The van der Waals surface area contributed by atoms with E-state index in [-0.39, 0.29) is 5.82 Å². The lowest BCUT2D eigenvalue weighted by Crippen LogP contribution is -2.23. The molecule has 0 aliphatic carbocycles. The van der Waals surface area contributed by atoms with Crippen molar-refractivity contribution >= 4 is 11.8 Å². The lowest BCUT2D eigenvalue weighted by atomic mass is 10.0. The van der Waals surface area contributed by atoms with Gasteiger partial charge in [-0.25, -0.2) is 4.39 Å². The van der Waals surface area contributed by atoms with Gasteiger partial charge in [0.25, 0.3) is 0 Å². The predicted molar refractivity (Wildman–Crippen MR) is 89.4 cm³/mol. The van der Waals surface area contributed by atoms with Gasteiger partial charge in [-0.2, -0.15) is 0 Å². The Kier molecular flexibility index (Phi) is 6.27. The van der Waals surface area contributed by atoms with Gasteiger partial charge in [-0.1, -0.05) is 38.1 Å². The molecule has 0 radical (unpaired) electrons. The maximum absolute atomic E-state index is 12.9. The van der Waals surface area contributed by atoms with E-state index < -0.39 is 0 Å². The normalized spacial score (nSPS) is 12.3. The third kappa shape index (κ3) is 4.87. The fourth-order valence-corrected chi connectivity index (χ4v) is 3.26. The fraction of sp³-hybridized carbons (Fsp3) is 0.333. The van der Waals surface area contributed by atoms with E-state index in [4.69, 9.17) is 0 Å². The lowest BCUT2D eigenvalue weighted by Gasteiger charge is -2.19. The van der Waals surface area contributed by atoms with E-state index >= 15 is 0 Å². The number of thioether (sulfide) groups is 1. The van der Waals surface area contributed by atoms with Crippen LogP contribution in [0.15, 0.2) is 53.4 Å². The summed E-state index contributed by atoms with van der Waals surface area (Å²) in [7, 11) is 0. The third-order valence-corrected chi connectivity index (χ3v) is 4.55. The van der Waals surface area contributed by atoms with Crippen molar-refractivity contribution in [2.45, 2.75) is 31.2 Å². The predicted octanol–water partition coefficient (Wildman–Crippen LogP) is 4.83. The highest BCUT2D eigenvalue weighted by Gasteiger charge is 2.11. The average molecular weight is 303 g/mol. The van der Waals surface area contributed by atoms with Crippen molar-refractivity contribution < 1.29 is 4.39 Å². The molecule has 0 amide bonds. The molecule has 112 valence electrons. The molecule has 1 N–H and O–H groups in total. The van der Waals surface area contributed by atoms with E-state index in [0.29, 0.717) is 6.04 Å². The highest BCUT2D eigenvalue weighted by Crippen LogP contribution is 2.25. The van der Waals surface area contributed by atoms with E-state index in [1.165, 1.54) is 23.3 Å². The second-order valence-corrected chi connectivity index (χ2v) is 6.07. The van der Waals surface area contributed by atoms with Gasteiger partial charge in [0, 0.05) is 16.7 Å². The van der Waals surface area contributed by atoms with E-state index in [2.05, 4.69) is 43.4 Å². The number of nitrogens with one attached hydrogen (secondary N) is 1. The van der Waals surface area contributed by atoms with Gasteiger partial charge in [0.15, 0.2) is 0 Å². The summed E-state index contributed by atoms with van der Waals surface area (Å²) in [5, 5.41) is 3.54. The Hall–Kier alpha value is -1.32. The zero-order valence-corrected chi connectivity index (χ0v) is 13.4. The van der Waals surface area contributed by atoms with E-state index in [1.807, 2.05) is 12.1 Å². The van der Waals surface area contributed by atoms with Gasteiger partial charge < -0.3 is 5.32 Å². The first-order valence-corrected chi connectivity index (χ1v) is 8.42. The van der Waals surface area contributed by atoms with Crippen LogP contribution in [-0.2, 0) is 6.42 Å². The number of benzene rings is 2. The summed E-state index contributed by atoms with van der Waals surface area (Å²) >= 11 is 1.76. The van der Waals surface area contributed by atoms with Crippen LogP contribution in [0, 0.1) is 5.82 Å². The number of hydrogen-bond acceptors (Lipinski definition) is 2. The Morgan fingerprint density at radius 3 is 2.52 bits per heavy atom. The Morgan fingerprint density at radius 2 is 1.86 bits per heavy atom. The first-order valence-electron chi connectivity index (χ1n) is 7.43. The highest BCUT2D eigenvalue weighted by molar-refractivity contribution is 7.99. The summed E-state index contributed by atoms with van der Waals surface area (Å²) < 4.78 is 12.9. The van der Waals surface area contributed by atoms with Gasteiger partial charge in [-0.05, 0) is 48.4 Å².